The summed E-state index contributed by atoms with van der Waals surface area (Å²) in [5, 5.41) is 12.5. The molecule has 23 heavy (non-hydrogen) atoms. The van der Waals surface area contributed by atoms with Crippen LogP contribution in [0.5, 0.6) is 5.75 Å². The number of aliphatic hydroxyl groups is 1. The lowest BCUT2D eigenvalue weighted by molar-refractivity contribution is 0.152. The van der Waals surface area contributed by atoms with Crippen LogP contribution in [-0.4, -0.2) is 48.4 Å². The highest BCUT2D eigenvalue weighted by molar-refractivity contribution is 5.75. The number of nitrogens with one attached hydrogen (secondary N) is 1. The van der Waals surface area contributed by atoms with Gasteiger partial charge in [0.05, 0.1) is 19.8 Å². The summed E-state index contributed by atoms with van der Waals surface area (Å²) in [5.74, 6) is 1.15. The van der Waals surface area contributed by atoms with Gasteiger partial charge in [-0.15, -0.1) is 0 Å². The number of hydrogen-bond acceptors (Lipinski definition) is 3. The summed E-state index contributed by atoms with van der Waals surface area (Å²) in [5.41, 5.74) is 1.09. The van der Waals surface area contributed by atoms with Gasteiger partial charge in [0.15, 0.2) is 0 Å². The second-order valence-corrected chi connectivity index (χ2v) is 6.49. The Morgan fingerprint density at radius 2 is 2.17 bits per heavy atom. The molecule has 5 heteroatoms. The highest BCUT2D eigenvalue weighted by atomic mass is 16.5. The van der Waals surface area contributed by atoms with Crippen LogP contribution in [-0.2, 0) is 6.42 Å². The van der Waals surface area contributed by atoms with Crippen LogP contribution in [0.3, 0.4) is 0 Å². The maximum Gasteiger partial charge on any atom is 0.317 e. The monoisotopic (exact) mass is 320 g/mol. The van der Waals surface area contributed by atoms with E-state index in [4.69, 9.17) is 4.74 Å². The highest BCUT2D eigenvalue weighted by Gasteiger charge is 2.30. The third-order valence-corrected chi connectivity index (χ3v) is 4.59. The topological polar surface area (TPSA) is 61.8 Å². The molecule has 0 radical (unpaired) electrons. The standard InChI is InChI=1S/C18H28N2O3/c1-13(2)16(11-14-7-4-5-9-17(14)23-3)19-18(22)20-10-6-8-15(20)12-21/h4-5,7,9,13,15-16,21H,6,8,10-12H2,1-3H3,(H,19,22)/t15-,16?/m1/s1. The summed E-state index contributed by atoms with van der Waals surface area (Å²) in [6, 6.07) is 7.81. The molecule has 2 rings (SSSR count). The molecule has 1 heterocycles. The van der Waals surface area contributed by atoms with Gasteiger partial charge >= 0.3 is 6.03 Å². The molecule has 0 aliphatic carbocycles. The average Bonchev–Trinajstić information content (AvgIpc) is 3.03. The van der Waals surface area contributed by atoms with Crippen LogP contribution in [0, 0.1) is 5.92 Å². The normalized spacial score (nSPS) is 19.0. The fourth-order valence-electron chi connectivity index (χ4n) is 3.10. The zero-order valence-electron chi connectivity index (χ0n) is 14.3. The van der Waals surface area contributed by atoms with Crippen molar-refractivity contribution in [3.8, 4) is 5.75 Å². The van der Waals surface area contributed by atoms with Gasteiger partial charge in [-0.25, -0.2) is 4.79 Å². The van der Waals surface area contributed by atoms with Crippen LogP contribution >= 0.6 is 0 Å². The van der Waals surface area contributed by atoms with Gasteiger partial charge in [0.1, 0.15) is 5.75 Å². The zero-order chi connectivity index (χ0) is 16.8. The first-order valence-corrected chi connectivity index (χ1v) is 8.36. The fourth-order valence-corrected chi connectivity index (χ4v) is 3.10. The Labute approximate surface area is 138 Å². The number of amides is 2. The summed E-state index contributed by atoms with van der Waals surface area (Å²) in [6.07, 6.45) is 2.56. The van der Waals surface area contributed by atoms with E-state index in [-0.39, 0.29) is 24.7 Å². The molecule has 2 amide bonds. The zero-order valence-corrected chi connectivity index (χ0v) is 14.3. The quantitative estimate of drug-likeness (QED) is 0.846. The number of likely N-dealkylation sites (tertiary alicyclic amines) is 1. The van der Waals surface area contributed by atoms with Crippen molar-refractivity contribution in [3.63, 3.8) is 0 Å². The number of carbonyl (C=O) groups is 1. The Bertz CT molecular complexity index is 519. The third kappa shape index (κ3) is 4.38. The maximum absolute atomic E-state index is 12.5. The molecule has 1 saturated heterocycles. The van der Waals surface area contributed by atoms with Gasteiger partial charge in [-0.2, -0.15) is 0 Å². The first kappa shape index (κ1) is 17.6. The Kier molecular flexibility index (Phi) is 6.28. The predicted octanol–water partition coefficient (Wildman–Crippen LogP) is 2.43. The number of aliphatic hydroxyl groups excluding tert-OH is 1. The Balaban J connectivity index is 2.05. The molecule has 2 atom stereocenters. The molecule has 0 saturated carbocycles. The summed E-state index contributed by atoms with van der Waals surface area (Å²) in [6.45, 7) is 4.96. The number of carbonyl (C=O) groups excluding carboxylic acids is 1. The van der Waals surface area contributed by atoms with Crippen molar-refractivity contribution in [1.29, 1.82) is 0 Å². The number of methoxy groups -OCH3 is 1. The van der Waals surface area contributed by atoms with Gasteiger partial charge in [0.25, 0.3) is 0 Å². The Morgan fingerprint density at radius 3 is 2.83 bits per heavy atom. The summed E-state index contributed by atoms with van der Waals surface area (Å²) in [7, 11) is 1.66. The minimum atomic E-state index is -0.0739. The molecule has 1 aliphatic rings. The van der Waals surface area contributed by atoms with Crippen molar-refractivity contribution in [2.45, 2.75) is 45.2 Å². The van der Waals surface area contributed by atoms with Crippen LogP contribution in [0.4, 0.5) is 4.79 Å². The smallest absolute Gasteiger partial charge is 0.317 e. The molecular weight excluding hydrogens is 292 g/mol. The van der Waals surface area contributed by atoms with E-state index in [9.17, 15) is 9.90 Å². The highest BCUT2D eigenvalue weighted by Crippen LogP contribution is 2.22. The van der Waals surface area contributed by atoms with Crippen molar-refractivity contribution >= 4 is 6.03 Å². The largest absolute Gasteiger partial charge is 0.496 e. The molecule has 0 aromatic heterocycles. The molecule has 2 N–H and O–H groups in total. The lowest BCUT2D eigenvalue weighted by Gasteiger charge is -2.29. The number of urea groups is 1. The van der Waals surface area contributed by atoms with E-state index >= 15 is 0 Å². The fraction of sp³-hybridized carbons (Fsp3) is 0.611. The van der Waals surface area contributed by atoms with Crippen molar-refractivity contribution in [2.24, 2.45) is 5.92 Å². The average molecular weight is 320 g/mol. The van der Waals surface area contributed by atoms with E-state index in [1.165, 1.54) is 0 Å². The van der Waals surface area contributed by atoms with Gasteiger partial charge in [0, 0.05) is 12.6 Å². The first-order chi connectivity index (χ1) is 11.1. The minimum Gasteiger partial charge on any atom is -0.496 e. The molecule has 128 valence electrons. The van der Waals surface area contributed by atoms with E-state index in [0.717, 1.165) is 37.1 Å². The van der Waals surface area contributed by atoms with Gasteiger partial charge in [-0.3, -0.25) is 0 Å². The second-order valence-electron chi connectivity index (χ2n) is 6.49. The Hall–Kier alpha value is -1.75. The molecule has 1 aromatic rings. The molecule has 1 aliphatic heterocycles. The molecule has 0 bridgehead atoms. The maximum atomic E-state index is 12.5. The Morgan fingerprint density at radius 1 is 1.43 bits per heavy atom. The predicted molar refractivity (Wildman–Crippen MR) is 90.7 cm³/mol. The lowest BCUT2D eigenvalue weighted by Crippen LogP contribution is -2.49. The SMILES string of the molecule is COc1ccccc1CC(NC(=O)N1CCC[C@@H]1CO)C(C)C. The summed E-state index contributed by atoms with van der Waals surface area (Å²) in [4.78, 5) is 14.3. The molecule has 1 aromatic carbocycles. The van der Waals surface area contributed by atoms with Crippen molar-refractivity contribution < 1.29 is 14.6 Å². The number of benzene rings is 1. The second kappa shape index (κ2) is 8.20. The summed E-state index contributed by atoms with van der Waals surface area (Å²) < 4.78 is 5.41. The van der Waals surface area contributed by atoms with Crippen molar-refractivity contribution in [2.75, 3.05) is 20.3 Å². The van der Waals surface area contributed by atoms with Crippen LogP contribution in [0.25, 0.3) is 0 Å². The van der Waals surface area contributed by atoms with Gasteiger partial charge < -0.3 is 20.1 Å². The van der Waals surface area contributed by atoms with E-state index in [1.54, 1.807) is 12.0 Å². The third-order valence-electron chi connectivity index (χ3n) is 4.59. The summed E-state index contributed by atoms with van der Waals surface area (Å²) >= 11 is 0. The first-order valence-electron chi connectivity index (χ1n) is 8.36. The molecular formula is C18H28N2O3. The van der Waals surface area contributed by atoms with E-state index in [1.807, 2.05) is 24.3 Å². The molecule has 1 unspecified atom stereocenters. The number of rotatable bonds is 6. The number of para-hydroxylation sites is 1. The van der Waals surface area contributed by atoms with Gasteiger partial charge in [0.2, 0.25) is 0 Å². The molecule has 5 nitrogen and oxygen atoms in total. The van der Waals surface area contributed by atoms with Crippen molar-refractivity contribution in [1.82, 2.24) is 10.2 Å². The van der Waals surface area contributed by atoms with Gasteiger partial charge in [-0.1, -0.05) is 32.0 Å². The van der Waals surface area contributed by atoms with Crippen molar-refractivity contribution in [3.05, 3.63) is 29.8 Å². The van der Waals surface area contributed by atoms with Gasteiger partial charge in [-0.05, 0) is 36.8 Å². The number of ether oxygens (including phenoxy) is 1. The molecule has 1 fully saturated rings. The van der Waals surface area contributed by atoms with Crippen LogP contribution in [0.1, 0.15) is 32.3 Å². The van der Waals surface area contributed by atoms with E-state index in [2.05, 4.69) is 19.2 Å². The van der Waals surface area contributed by atoms with E-state index < -0.39 is 0 Å². The van der Waals surface area contributed by atoms with Crippen LogP contribution < -0.4 is 10.1 Å². The minimum absolute atomic E-state index is 0.0266. The van der Waals surface area contributed by atoms with Crippen LogP contribution in [0.15, 0.2) is 24.3 Å². The number of hydrogen-bond donors (Lipinski definition) is 2. The van der Waals surface area contributed by atoms with Crippen LogP contribution in [0.2, 0.25) is 0 Å². The molecule has 0 spiro atoms. The van der Waals surface area contributed by atoms with E-state index in [0.29, 0.717) is 5.92 Å². The number of nitrogens with zero attached hydrogens (tertiary/aromatic N) is 1. The lowest BCUT2D eigenvalue weighted by atomic mass is 9.96.